The highest BCUT2D eigenvalue weighted by atomic mass is 32.1. The van der Waals surface area contributed by atoms with Crippen molar-refractivity contribution in [2.24, 2.45) is 0 Å². The van der Waals surface area contributed by atoms with Gasteiger partial charge in [-0.15, -0.1) is 11.3 Å². The minimum absolute atomic E-state index is 0.00391. The Labute approximate surface area is 194 Å². The molecule has 1 aliphatic rings. The molecule has 1 aromatic heterocycles. The maximum absolute atomic E-state index is 13.2. The monoisotopic (exact) mass is 450 g/mol. The SMILES string of the molecule is COc1ccc(C(NC(=O)CN(Cc2cccs2)CC2CCCO2)c2ccccc2)cc1. The Bertz CT molecular complexity index is 955. The van der Waals surface area contributed by atoms with Crippen molar-refractivity contribution in [3.05, 3.63) is 88.1 Å². The molecule has 1 N–H and O–H groups in total. The second kappa shape index (κ2) is 11.3. The zero-order valence-electron chi connectivity index (χ0n) is 18.4. The predicted molar refractivity (Wildman–Crippen MR) is 128 cm³/mol. The Balaban J connectivity index is 1.48. The molecule has 5 nitrogen and oxygen atoms in total. The molecule has 6 heteroatoms. The molecule has 1 aliphatic heterocycles. The molecule has 0 spiro atoms. The number of rotatable bonds is 10. The Hall–Kier alpha value is -2.67. The fourth-order valence-electron chi connectivity index (χ4n) is 4.09. The number of hydrogen-bond acceptors (Lipinski definition) is 5. The third-order valence-corrected chi connectivity index (χ3v) is 6.56. The first-order valence-corrected chi connectivity index (χ1v) is 11.9. The van der Waals surface area contributed by atoms with E-state index in [0.29, 0.717) is 6.54 Å². The van der Waals surface area contributed by atoms with Gasteiger partial charge in [-0.2, -0.15) is 0 Å². The van der Waals surface area contributed by atoms with E-state index in [0.717, 1.165) is 49.4 Å². The number of benzene rings is 2. The van der Waals surface area contributed by atoms with Crippen LogP contribution in [0.3, 0.4) is 0 Å². The Morgan fingerprint density at radius 1 is 1.12 bits per heavy atom. The lowest BCUT2D eigenvalue weighted by molar-refractivity contribution is -0.123. The second-order valence-electron chi connectivity index (χ2n) is 8.07. The fraction of sp³-hybridized carbons (Fsp3) is 0.346. The Morgan fingerprint density at radius 2 is 1.91 bits per heavy atom. The predicted octanol–water partition coefficient (Wildman–Crippen LogP) is 4.64. The summed E-state index contributed by atoms with van der Waals surface area (Å²) >= 11 is 1.72. The van der Waals surface area contributed by atoms with E-state index in [1.54, 1.807) is 18.4 Å². The first-order chi connectivity index (χ1) is 15.7. The van der Waals surface area contributed by atoms with Crippen molar-refractivity contribution in [3.63, 3.8) is 0 Å². The normalized spacial score (nSPS) is 16.8. The van der Waals surface area contributed by atoms with Crippen LogP contribution in [0, 0.1) is 0 Å². The number of carbonyl (C=O) groups is 1. The van der Waals surface area contributed by atoms with Gasteiger partial charge >= 0.3 is 0 Å². The van der Waals surface area contributed by atoms with Crippen LogP contribution in [0.5, 0.6) is 5.75 Å². The highest BCUT2D eigenvalue weighted by molar-refractivity contribution is 7.09. The molecule has 4 rings (SSSR count). The van der Waals surface area contributed by atoms with Crippen LogP contribution in [0.25, 0.3) is 0 Å². The second-order valence-corrected chi connectivity index (χ2v) is 9.10. The average Bonchev–Trinajstić information content (AvgIpc) is 3.53. The van der Waals surface area contributed by atoms with Crippen molar-refractivity contribution >= 4 is 17.2 Å². The number of methoxy groups -OCH3 is 1. The van der Waals surface area contributed by atoms with Gasteiger partial charge in [0.2, 0.25) is 5.91 Å². The summed E-state index contributed by atoms with van der Waals surface area (Å²) in [7, 11) is 1.65. The first kappa shape index (κ1) is 22.5. The number of hydrogen-bond donors (Lipinski definition) is 1. The molecular formula is C26H30N2O3S. The lowest BCUT2D eigenvalue weighted by Crippen LogP contribution is -2.41. The molecule has 1 amide bonds. The van der Waals surface area contributed by atoms with E-state index in [1.807, 2.05) is 54.6 Å². The third-order valence-electron chi connectivity index (χ3n) is 5.70. The maximum atomic E-state index is 13.2. The molecule has 0 bridgehead atoms. The minimum Gasteiger partial charge on any atom is -0.497 e. The number of nitrogens with one attached hydrogen (secondary N) is 1. The van der Waals surface area contributed by atoms with Gasteiger partial charge in [0, 0.05) is 24.6 Å². The molecule has 1 saturated heterocycles. The number of carbonyl (C=O) groups excluding carboxylic acids is 1. The largest absolute Gasteiger partial charge is 0.497 e. The van der Waals surface area contributed by atoms with Gasteiger partial charge in [0.25, 0.3) is 0 Å². The van der Waals surface area contributed by atoms with Gasteiger partial charge in [0.05, 0.1) is 25.8 Å². The van der Waals surface area contributed by atoms with Gasteiger partial charge in [-0.1, -0.05) is 48.5 Å². The lowest BCUT2D eigenvalue weighted by Gasteiger charge is -2.26. The number of thiophene rings is 1. The van der Waals surface area contributed by atoms with E-state index in [-0.39, 0.29) is 18.1 Å². The average molecular weight is 451 g/mol. The molecule has 1 fully saturated rings. The summed E-state index contributed by atoms with van der Waals surface area (Å²) in [4.78, 5) is 16.7. The van der Waals surface area contributed by atoms with E-state index in [9.17, 15) is 4.79 Å². The van der Waals surface area contributed by atoms with Crippen molar-refractivity contribution in [1.29, 1.82) is 0 Å². The smallest absolute Gasteiger partial charge is 0.234 e. The molecule has 168 valence electrons. The lowest BCUT2D eigenvalue weighted by atomic mass is 9.98. The van der Waals surface area contributed by atoms with Gasteiger partial charge in [-0.25, -0.2) is 0 Å². The van der Waals surface area contributed by atoms with Crippen molar-refractivity contribution in [3.8, 4) is 5.75 Å². The van der Waals surface area contributed by atoms with Gasteiger partial charge in [0.15, 0.2) is 0 Å². The number of amides is 1. The zero-order chi connectivity index (χ0) is 22.2. The summed E-state index contributed by atoms with van der Waals surface area (Å²) in [5.41, 5.74) is 2.07. The van der Waals surface area contributed by atoms with Crippen LogP contribution in [0.15, 0.2) is 72.1 Å². The van der Waals surface area contributed by atoms with E-state index in [2.05, 4.69) is 27.7 Å². The third kappa shape index (κ3) is 6.19. The summed E-state index contributed by atoms with van der Waals surface area (Å²) in [6, 6.07) is 21.9. The molecule has 32 heavy (non-hydrogen) atoms. The Morgan fingerprint density at radius 3 is 2.56 bits per heavy atom. The minimum atomic E-state index is -0.221. The summed E-state index contributed by atoms with van der Waals surface area (Å²) in [5.74, 6) is 0.801. The van der Waals surface area contributed by atoms with E-state index in [1.165, 1.54) is 4.88 Å². The van der Waals surface area contributed by atoms with Crippen molar-refractivity contribution in [2.45, 2.75) is 31.5 Å². The Kier molecular flexibility index (Phi) is 7.93. The summed E-state index contributed by atoms with van der Waals surface area (Å²) in [5, 5.41) is 5.34. The first-order valence-electron chi connectivity index (χ1n) is 11.1. The van der Waals surface area contributed by atoms with Crippen LogP contribution in [-0.2, 0) is 16.1 Å². The molecule has 2 unspecified atom stereocenters. The molecule has 2 heterocycles. The molecular weight excluding hydrogens is 420 g/mol. The van der Waals surface area contributed by atoms with Crippen LogP contribution in [0.4, 0.5) is 0 Å². The van der Waals surface area contributed by atoms with E-state index in [4.69, 9.17) is 9.47 Å². The van der Waals surface area contributed by atoms with Gasteiger partial charge < -0.3 is 14.8 Å². The van der Waals surface area contributed by atoms with E-state index >= 15 is 0 Å². The maximum Gasteiger partial charge on any atom is 0.234 e. The molecule has 3 aromatic rings. The van der Waals surface area contributed by atoms with Crippen molar-refractivity contribution < 1.29 is 14.3 Å². The quantitative estimate of drug-likeness (QED) is 0.489. The zero-order valence-corrected chi connectivity index (χ0v) is 19.2. The highest BCUT2D eigenvalue weighted by Crippen LogP contribution is 2.24. The number of ether oxygens (including phenoxy) is 2. The molecule has 2 aromatic carbocycles. The van der Waals surface area contributed by atoms with Gasteiger partial charge in [0.1, 0.15) is 5.75 Å². The van der Waals surface area contributed by atoms with Crippen LogP contribution in [0.1, 0.15) is 34.9 Å². The van der Waals surface area contributed by atoms with Crippen molar-refractivity contribution in [1.82, 2.24) is 10.2 Å². The standard InChI is InChI=1S/C26H30N2O3S/c1-30-22-13-11-21(12-14-22)26(20-7-3-2-4-8-20)27-25(29)19-28(17-23-9-5-15-31-23)18-24-10-6-16-32-24/h2-4,6-8,10-14,16,23,26H,5,9,15,17-19H2,1H3,(H,27,29). The van der Waals surface area contributed by atoms with Crippen LogP contribution >= 0.6 is 11.3 Å². The van der Waals surface area contributed by atoms with Crippen LogP contribution < -0.4 is 10.1 Å². The topological polar surface area (TPSA) is 50.8 Å². The highest BCUT2D eigenvalue weighted by Gasteiger charge is 2.23. The molecule has 0 radical (unpaired) electrons. The fourth-order valence-corrected chi connectivity index (χ4v) is 4.84. The number of nitrogens with zero attached hydrogens (tertiary/aromatic N) is 1. The van der Waals surface area contributed by atoms with Gasteiger partial charge in [-0.3, -0.25) is 9.69 Å². The van der Waals surface area contributed by atoms with Crippen LogP contribution in [0.2, 0.25) is 0 Å². The molecule has 0 saturated carbocycles. The summed E-state index contributed by atoms with van der Waals surface area (Å²) < 4.78 is 11.1. The van der Waals surface area contributed by atoms with Crippen LogP contribution in [-0.4, -0.2) is 43.7 Å². The van der Waals surface area contributed by atoms with E-state index < -0.39 is 0 Å². The van der Waals surface area contributed by atoms with Gasteiger partial charge in [-0.05, 0) is 47.5 Å². The molecule has 2 atom stereocenters. The summed E-state index contributed by atoms with van der Waals surface area (Å²) in [6.07, 6.45) is 2.35. The summed E-state index contributed by atoms with van der Waals surface area (Å²) in [6.45, 7) is 2.67. The van der Waals surface area contributed by atoms with Crippen molar-refractivity contribution in [2.75, 3.05) is 26.8 Å². The molecule has 0 aliphatic carbocycles.